The van der Waals surface area contributed by atoms with Gasteiger partial charge >= 0.3 is 0 Å². The summed E-state index contributed by atoms with van der Waals surface area (Å²) in [5.74, 6) is 1.68. The lowest BCUT2D eigenvalue weighted by Gasteiger charge is -2.35. The Bertz CT molecular complexity index is 442. The second-order valence-electron chi connectivity index (χ2n) is 5.35. The first-order valence-electron chi connectivity index (χ1n) is 6.78. The number of piperidine rings is 1. The van der Waals surface area contributed by atoms with Gasteiger partial charge < -0.3 is 14.8 Å². The molecule has 0 aliphatic carbocycles. The van der Waals surface area contributed by atoms with Gasteiger partial charge in [-0.2, -0.15) is 0 Å². The Balaban J connectivity index is 1.70. The zero-order chi connectivity index (χ0) is 12.5. The number of nitrogens with zero attached hydrogens (tertiary/aromatic N) is 3. The summed E-state index contributed by atoms with van der Waals surface area (Å²) in [6.45, 7) is 5.44. The van der Waals surface area contributed by atoms with E-state index in [-0.39, 0.29) is 11.9 Å². The molecule has 1 fully saturated rings. The fourth-order valence-corrected chi connectivity index (χ4v) is 2.94. The Morgan fingerprint density at radius 1 is 1.50 bits per heavy atom. The third kappa shape index (κ3) is 2.03. The highest BCUT2D eigenvalue weighted by molar-refractivity contribution is 5.82. The lowest BCUT2D eigenvalue weighted by atomic mass is 9.91. The Labute approximate surface area is 107 Å². The molecule has 1 amide bonds. The van der Waals surface area contributed by atoms with E-state index in [1.807, 2.05) is 17.3 Å². The molecule has 2 unspecified atom stereocenters. The zero-order valence-corrected chi connectivity index (χ0v) is 10.8. The number of imidazole rings is 1. The van der Waals surface area contributed by atoms with Crippen molar-refractivity contribution in [3.63, 3.8) is 0 Å². The Morgan fingerprint density at radius 3 is 3.22 bits per heavy atom. The van der Waals surface area contributed by atoms with E-state index in [2.05, 4.69) is 21.8 Å². The third-order valence-corrected chi connectivity index (χ3v) is 4.09. The monoisotopic (exact) mass is 248 g/mol. The molecule has 0 radical (unpaired) electrons. The Hall–Kier alpha value is -1.36. The molecule has 2 atom stereocenters. The van der Waals surface area contributed by atoms with Crippen molar-refractivity contribution in [3.05, 3.63) is 18.2 Å². The van der Waals surface area contributed by atoms with Gasteiger partial charge in [0.2, 0.25) is 5.91 Å². The number of fused-ring (bicyclic) bond motifs is 1. The molecule has 1 aromatic rings. The second kappa shape index (κ2) is 4.72. The summed E-state index contributed by atoms with van der Waals surface area (Å²) < 4.78 is 2.13. The summed E-state index contributed by atoms with van der Waals surface area (Å²) in [6, 6.07) is 0.000243. The SMILES string of the molecule is CC1CCCNC1C(=O)N1CCn2ccnc2C1. The molecule has 1 saturated heterocycles. The van der Waals surface area contributed by atoms with Crippen LogP contribution >= 0.6 is 0 Å². The maximum absolute atomic E-state index is 12.5. The van der Waals surface area contributed by atoms with Crippen molar-refractivity contribution in [1.82, 2.24) is 19.8 Å². The van der Waals surface area contributed by atoms with E-state index in [4.69, 9.17) is 0 Å². The van der Waals surface area contributed by atoms with Gasteiger partial charge in [-0.3, -0.25) is 4.79 Å². The average Bonchev–Trinajstić information content (AvgIpc) is 2.85. The largest absolute Gasteiger partial charge is 0.332 e. The quantitative estimate of drug-likeness (QED) is 0.792. The van der Waals surface area contributed by atoms with E-state index in [0.717, 1.165) is 31.9 Å². The van der Waals surface area contributed by atoms with Crippen LogP contribution in [0.15, 0.2) is 12.4 Å². The van der Waals surface area contributed by atoms with Crippen molar-refractivity contribution < 1.29 is 4.79 Å². The number of hydrogen-bond donors (Lipinski definition) is 1. The first-order valence-corrected chi connectivity index (χ1v) is 6.78. The summed E-state index contributed by atoms with van der Waals surface area (Å²) in [5.41, 5.74) is 0. The van der Waals surface area contributed by atoms with Crippen LogP contribution in [-0.4, -0.2) is 39.5 Å². The summed E-state index contributed by atoms with van der Waals surface area (Å²) >= 11 is 0. The van der Waals surface area contributed by atoms with Crippen molar-refractivity contribution in [3.8, 4) is 0 Å². The van der Waals surface area contributed by atoms with Crippen LogP contribution in [0.5, 0.6) is 0 Å². The molecule has 2 aliphatic heterocycles. The second-order valence-corrected chi connectivity index (χ2v) is 5.35. The predicted octanol–water partition coefficient (Wildman–Crippen LogP) is 0.613. The van der Waals surface area contributed by atoms with Gasteiger partial charge in [0.05, 0.1) is 12.6 Å². The highest BCUT2D eigenvalue weighted by Gasteiger charge is 2.32. The summed E-state index contributed by atoms with van der Waals surface area (Å²) in [6.07, 6.45) is 6.12. The van der Waals surface area contributed by atoms with Crippen LogP contribution in [0.25, 0.3) is 0 Å². The van der Waals surface area contributed by atoms with Gasteiger partial charge in [0.1, 0.15) is 5.82 Å². The minimum Gasteiger partial charge on any atom is -0.332 e. The Morgan fingerprint density at radius 2 is 2.39 bits per heavy atom. The minimum atomic E-state index is 0.000243. The van der Waals surface area contributed by atoms with Crippen LogP contribution in [0.4, 0.5) is 0 Å². The molecule has 5 heteroatoms. The molecule has 1 aromatic heterocycles. The van der Waals surface area contributed by atoms with Crippen LogP contribution < -0.4 is 5.32 Å². The van der Waals surface area contributed by atoms with Crippen molar-refractivity contribution in [2.24, 2.45) is 5.92 Å². The topological polar surface area (TPSA) is 50.2 Å². The highest BCUT2D eigenvalue weighted by Crippen LogP contribution is 2.19. The maximum atomic E-state index is 12.5. The van der Waals surface area contributed by atoms with Gasteiger partial charge in [-0.25, -0.2) is 4.98 Å². The van der Waals surface area contributed by atoms with Crippen molar-refractivity contribution in [2.45, 2.75) is 38.9 Å². The van der Waals surface area contributed by atoms with E-state index < -0.39 is 0 Å². The van der Waals surface area contributed by atoms with Crippen LogP contribution in [-0.2, 0) is 17.9 Å². The number of carbonyl (C=O) groups excluding carboxylic acids is 1. The molecule has 1 N–H and O–H groups in total. The van der Waals surface area contributed by atoms with Crippen LogP contribution in [0.3, 0.4) is 0 Å². The van der Waals surface area contributed by atoms with Gasteiger partial charge in [0.15, 0.2) is 0 Å². The van der Waals surface area contributed by atoms with E-state index in [1.165, 1.54) is 6.42 Å². The smallest absolute Gasteiger partial charge is 0.240 e. The third-order valence-electron chi connectivity index (χ3n) is 4.09. The molecule has 0 saturated carbocycles. The fourth-order valence-electron chi connectivity index (χ4n) is 2.94. The number of nitrogens with one attached hydrogen (secondary N) is 1. The molecule has 3 rings (SSSR count). The molecular weight excluding hydrogens is 228 g/mol. The van der Waals surface area contributed by atoms with Gasteiger partial charge in [0.25, 0.3) is 0 Å². The first kappa shape index (κ1) is 11.7. The molecule has 5 nitrogen and oxygen atoms in total. The number of aromatic nitrogens is 2. The van der Waals surface area contributed by atoms with E-state index in [1.54, 1.807) is 0 Å². The van der Waals surface area contributed by atoms with Crippen LogP contribution in [0.2, 0.25) is 0 Å². The molecule has 3 heterocycles. The minimum absolute atomic E-state index is 0.000243. The Kier molecular flexibility index (Phi) is 3.07. The number of rotatable bonds is 1. The predicted molar refractivity (Wildman–Crippen MR) is 67.8 cm³/mol. The standard InChI is InChI=1S/C13H20N4O/c1-10-3-2-4-15-12(10)13(18)17-8-7-16-6-5-14-11(16)9-17/h5-6,10,12,15H,2-4,7-9H2,1H3. The first-order chi connectivity index (χ1) is 8.75. The zero-order valence-electron chi connectivity index (χ0n) is 10.8. The summed E-state index contributed by atoms with van der Waals surface area (Å²) in [5, 5.41) is 3.37. The summed E-state index contributed by atoms with van der Waals surface area (Å²) in [4.78, 5) is 18.8. The van der Waals surface area contributed by atoms with E-state index in [0.29, 0.717) is 12.5 Å². The highest BCUT2D eigenvalue weighted by atomic mass is 16.2. The van der Waals surface area contributed by atoms with Gasteiger partial charge in [-0.15, -0.1) is 0 Å². The van der Waals surface area contributed by atoms with Crippen molar-refractivity contribution in [2.75, 3.05) is 13.1 Å². The summed E-state index contributed by atoms with van der Waals surface area (Å²) in [7, 11) is 0. The fraction of sp³-hybridized carbons (Fsp3) is 0.692. The molecule has 0 spiro atoms. The molecule has 0 bridgehead atoms. The van der Waals surface area contributed by atoms with E-state index >= 15 is 0 Å². The van der Waals surface area contributed by atoms with Crippen molar-refractivity contribution in [1.29, 1.82) is 0 Å². The number of hydrogen-bond acceptors (Lipinski definition) is 3. The van der Waals surface area contributed by atoms with Gasteiger partial charge in [-0.05, 0) is 25.3 Å². The number of amides is 1. The van der Waals surface area contributed by atoms with Crippen LogP contribution in [0, 0.1) is 5.92 Å². The molecule has 2 aliphatic rings. The van der Waals surface area contributed by atoms with Gasteiger partial charge in [-0.1, -0.05) is 6.92 Å². The van der Waals surface area contributed by atoms with Crippen molar-refractivity contribution >= 4 is 5.91 Å². The average molecular weight is 248 g/mol. The molecular formula is C13H20N4O. The molecule has 18 heavy (non-hydrogen) atoms. The molecule has 0 aromatic carbocycles. The van der Waals surface area contributed by atoms with Crippen LogP contribution in [0.1, 0.15) is 25.6 Å². The maximum Gasteiger partial charge on any atom is 0.240 e. The number of carbonyl (C=O) groups is 1. The normalized spacial score (nSPS) is 27.9. The van der Waals surface area contributed by atoms with Gasteiger partial charge in [0, 0.05) is 25.5 Å². The van der Waals surface area contributed by atoms with E-state index in [9.17, 15) is 4.79 Å². The molecule has 98 valence electrons. The lowest BCUT2D eigenvalue weighted by molar-refractivity contribution is -0.136. The lowest BCUT2D eigenvalue weighted by Crippen LogP contribution is -2.53.